The summed E-state index contributed by atoms with van der Waals surface area (Å²) >= 11 is 0. The SMILES string of the molecule is Nc1ncnc2c1ncn2[C@@H]1O[C@H](C(O)OP2(=O)O[B]OP(=O)(O)OP(=O)(O)O2)[C@@H](O)[C@H]1O. The fourth-order valence-corrected chi connectivity index (χ4v) is 6.59. The number of hydrogen-bond donors (Lipinski definition) is 6. The van der Waals surface area contributed by atoms with Gasteiger partial charge < -0.3 is 44.5 Å². The normalized spacial score (nSPS) is 40.8. The summed E-state index contributed by atoms with van der Waals surface area (Å²) in [5, 5.41) is 31.0. The van der Waals surface area contributed by atoms with Crippen LogP contribution in [0.2, 0.25) is 0 Å². The number of phosphoric acid groups is 3. The molecule has 2 aliphatic rings. The monoisotopic (exact) mass is 532 g/mol. The molecule has 0 spiro atoms. The number of ether oxygens (including phenoxy) is 1. The molecule has 2 fully saturated rings. The Hall–Kier alpha value is -1.34. The van der Waals surface area contributed by atoms with E-state index in [-0.39, 0.29) is 24.7 Å². The molecule has 0 aromatic carbocycles. The van der Waals surface area contributed by atoms with Crippen molar-refractivity contribution in [2.45, 2.75) is 30.8 Å². The molecular formula is C10H14BN5O14P3. The largest absolute Gasteiger partial charge is 0.505 e. The number of aliphatic hydroxyl groups excluding tert-OH is 3. The molecular weight excluding hydrogens is 518 g/mol. The first-order valence-electron chi connectivity index (χ1n) is 8.49. The maximum Gasteiger partial charge on any atom is 0.505 e. The Bertz CT molecular complexity index is 1200. The van der Waals surface area contributed by atoms with E-state index in [2.05, 4.69) is 37.0 Å². The summed E-state index contributed by atoms with van der Waals surface area (Å²) in [5.41, 5.74) is 5.95. The van der Waals surface area contributed by atoms with Gasteiger partial charge in [0.2, 0.25) is 0 Å². The first-order chi connectivity index (χ1) is 15.3. The Morgan fingerprint density at radius 3 is 2.55 bits per heavy atom. The summed E-state index contributed by atoms with van der Waals surface area (Å²) < 4.78 is 63.0. The average molecular weight is 532 g/mol. The van der Waals surface area contributed by atoms with Gasteiger partial charge in [-0.2, -0.15) is 8.62 Å². The van der Waals surface area contributed by atoms with Crippen molar-refractivity contribution in [2.24, 2.45) is 0 Å². The van der Waals surface area contributed by atoms with Crippen LogP contribution in [0, 0.1) is 0 Å². The van der Waals surface area contributed by atoms with Crippen LogP contribution >= 0.6 is 23.5 Å². The van der Waals surface area contributed by atoms with Crippen LogP contribution in [0.25, 0.3) is 11.2 Å². The van der Waals surface area contributed by atoms with Gasteiger partial charge in [-0.25, -0.2) is 28.6 Å². The number of aliphatic hydroxyl groups is 3. The molecule has 8 atom stereocenters. The molecule has 2 aromatic heterocycles. The molecule has 19 nitrogen and oxygen atoms in total. The van der Waals surface area contributed by atoms with Crippen molar-refractivity contribution >= 4 is 48.1 Å². The van der Waals surface area contributed by atoms with Crippen molar-refractivity contribution < 1.29 is 65.6 Å². The van der Waals surface area contributed by atoms with Crippen LogP contribution in [0.4, 0.5) is 5.82 Å². The molecule has 181 valence electrons. The molecule has 2 aliphatic heterocycles. The number of fused-ring (bicyclic) bond motifs is 1. The van der Waals surface area contributed by atoms with Gasteiger partial charge in [0, 0.05) is 0 Å². The highest BCUT2D eigenvalue weighted by Gasteiger charge is 2.52. The Morgan fingerprint density at radius 2 is 1.82 bits per heavy atom. The highest BCUT2D eigenvalue weighted by Crippen LogP contribution is 2.71. The highest BCUT2D eigenvalue weighted by molar-refractivity contribution is 7.68. The lowest BCUT2D eigenvalue weighted by Gasteiger charge is -2.27. The van der Waals surface area contributed by atoms with E-state index in [0.717, 1.165) is 17.2 Å². The first kappa shape index (κ1) is 24.8. The van der Waals surface area contributed by atoms with Gasteiger partial charge in [0.15, 0.2) is 24.0 Å². The predicted molar refractivity (Wildman–Crippen MR) is 100 cm³/mol. The van der Waals surface area contributed by atoms with Crippen LogP contribution in [0.3, 0.4) is 0 Å². The van der Waals surface area contributed by atoms with E-state index in [1.165, 1.54) is 0 Å². The maximum atomic E-state index is 12.5. The van der Waals surface area contributed by atoms with Crippen molar-refractivity contribution in [3.8, 4) is 0 Å². The lowest BCUT2D eigenvalue weighted by atomic mass is 10.1. The molecule has 2 saturated heterocycles. The number of aromatic nitrogens is 4. The standard InChI is InChI=1S/C10H14BN5O14P3/c12-7-3-8(14-1-13-7)16(2-15-3)9-5(18)4(17)6(25-9)10(19)26-33(24)28-11-27-31(20,21)29-32(22,23)30-33/h1-2,4-6,9-10,17-19H,(H,20,21)(H,22,23)(H2,12,13,14)/t4-,5+,6-,9+,10?,33?/m0/s1. The quantitative estimate of drug-likeness (QED) is 0.145. The number of nitrogens with zero attached hydrogens (tertiary/aromatic N) is 4. The topological polar surface area (TPSA) is 277 Å². The van der Waals surface area contributed by atoms with Crippen molar-refractivity contribution in [3.05, 3.63) is 12.7 Å². The maximum absolute atomic E-state index is 12.5. The van der Waals surface area contributed by atoms with Crippen molar-refractivity contribution in [2.75, 3.05) is 5.73 Å². The zero-order valence-corrected chi connectivity index (χ0v) is 18.4. The zero-order valence-electron chi connectivity index (χ0n) is 15.7. The third-order valence-electron chi connectivity index (χ3n) is 4.21. The summed E-state index contributed by atoms with van der Waals surface area (Å²) in [5.74, 6) is 0.0185. The minimum absolute atomic E-state index is 0.0185. The molecule has 4 rings (SSSR count). The van der Waals surface area contributed by atoms with Gasteiger partial charge in [-0.3, -0.25) is 9.09 Å². The molecule has 33 heavy (non-hydrogen) atoms. The van der Waals surface area contributed by atoms with Gasteiger partial charge >= 0.3 is 31.2 Å². The van der Waals surface area contributed by atoms with Crippen LogP contribution < -0.4 is 5.73 Å². The Labute approximate surface area is 183 Å². The molecule has 4 unspecified atom stereocenters. The Balaban J connectivity index is 1.53. The highest BCUT2D eigenvalue weighted by atomic mass is 31.3. The third kappa shape index (κ3) is 5.05. The second-order valence-corrected chi connectivity index (χ2v) is 11.1. The predicted octanol–water partition coefficient (Wildman–Crippen LogP) is -1.71. The van der Waals surface area contributed by atoms with Crippen LogP contribution in [0.15, 0.2) is 12.7 Å². The van der Waals surface area contributed by atoms with Gasteiger partial charge in [-0.15, -0.1) is 0 Å². The molecule has 0 amide bonds. The van der Waals surface area contributed by atoms with E-state index in [9.17, 15) is 33.9 Å². The van der Waals surface area contributed by atoms with Crippen LogP contribution in [0.1, 0.15) is 6.23 Å². The smallest absolute Gasteiger partial charge is 0.387 e. The van der Waals surface area contributed by atoms with Crippen molar-refractivity contribution in [1.82, 2.24) is 19.5 Å². The fourth-order valence-electron chi connectivity index (χ4n) is 2.88. The average Bonchev–Trinajstić information content (AvgIpc) is 3.22. The molecule has 0 saturated carbocycles. The van der Waals surface area contributed by atoms with E-state index in [1.807, 2.05) is 0 Å². The number of imidazole rings is 1. The van der Waals surface area contributed by atoms with E-state index in [1.54, 1.807) is 0 Å². The minimum Gasteiger partial charge on any atom is -0.387 e. The molecule has 7 N–H and O–H groups in total. The van der Waals surface area contributed by atoms with Gasteiger partial charge in [-0.05, 0) is 0 Å². The molecule has 23 heteroatoms. The third-order valence-corrected chi connectivity index (χ3v) is 8.66. The summed E-state index contributed by atoms with van der Waals surface area (Å²) in [6.45, 7) is 0. The molecule has 0 bridgehead atoms. The summed E-state index contributed by atoms with van der Waals surface area (Å²) in [6, 6.07) is 0. The van der Waals surface area contributed by atoms with E-state index < -0.39 is 54.3 Å². The molecule has 4 heterocycles. The second-order valence-electron chi connectivity index (χ2n) is 6.41. The first-order valence-corrected chi connectivity index (χ1v) is 12.9. The summed E-state index contributed by atoms with van der Waals surface area (Å²) in [6.07, 6.45) is -7.00. The van der Waals surface area contributed by atoms with Crippen LogP contribution in [-0.2, 0) is 40.5 Å². The lowest BCUT2D eigenvalue weighted by molar-refractivity contribution is -0.160. The number of anilines is 1. The van der Waals surface area contributed by atoms with Gasteiger partial charge in [0.25, 0.3) is 0 Å². The van der Waals surface area contributed by atoms with Gasteiger partial charge in [0.05, 0.1) is 6.33 Å². The lowest BCUT2D eigenvalue weighted by Crippen LogP contribution is -2.39. The summed E-state index contributed by atoms with van der Waals surface area (Å²) in [7, 11) is -16.0. The van der Waals surface area contributed by atoms with Crippen LogP contribution in [-0.4, -0.2) is 76.9 Å². The van der Waals surface area contributed by atoms with Crippen molar-refractivity contribution in [3.63, 3.8) is 0 Å². The van der Waals surface area contributed by atoms with Gasteiger partial charge in [-0.1, -0.05) is 0 Å². The molecule has 2 aromatic rings. The van der Waals surface area contributed by atoms with Gasteiger partial charge in [0.1, 0.15) is 30.2 Å². The molecule has 0 aliphatic carbocycles. The number of hydrogen-bond acceptors (Lipinski definition) is 16. The van der Waals surface area contributed by atoms with E-state index in [0.29, 0.717) is 0 Å². The van der Waals surface area contributed by atoms with E-state index >= 15 is 0 Å². The summed E-state index contributed by atoms with van der Waals surface area (Å²) in [4.78, 5) is 30.2. The fraction of sp³-hybridized carbons (Fsp3) is 0.500. The van der Waals surface area contributed by atoms with Crippen LogP contribution in [0.5, 0.6) is 0 Å². The zero-order chi connectivity index (χ0) is 24.2. The minimum atomic E-state index is -5.57. The molecule has 1 radical (unpaired) electrons. The van der Waals surface area contributed by atoms with Crippen molar-refractivity contribution in [1.29, 1.82) is 0 Å². The number of nitrogens with two attached hydrogens (primary N) is 1. The Kier molecular flexibility index (Phi) is 6.54. The number of rotatable bonds is 4. The van der Waals surface area contributed by atoms with E-state index in [4.69, 9.17) is 15.4 Å². The Morgan fingerprint density at radius 1 is 1.09 bits per heavy atom. The number of nitrogen functional groups attached to an aromatic ring is 1. The second kappa shape index (κ2) is 8.71.